The Kier molecular flexibility index (Phi) is 3.94. The third-order valence-corrected chi connectivity index (χ3v) is 3.95. The van der Waals surface area contributed by atoms with E-state index in [-0.39, 0.29) is 0 Å². The molecule has 1 saturated carbocycles. The van der Waals surface area contributed by atoms with E-state index >= 15 is 0 Å². The normalized spacial score (nSPS) is 20.8. The molecule has 19 heavy (non-hydrogen) atoms. The van der Waals surface area contributed by atoms with Gasteiger partial charge in [0, 0.05) is 38.8 Å². The van der Waals surface area contributed by atoms with Gasteiger partial charge in [0.15, 0.2) is 0 Å². The van der Waals surface area contributed by atoms with Crippen LogP contribution in [0.15, 0.2) is 12.4 Å². The van der Waals surface area contributed by atoms with Crippen LogP contribution in [0.2, 0.25) is 0 Å². The number of hydrogen-bond acceptors (Lipinski definition) is 5. The van der Waals surface area contributed by atoms with Crippen molar-refractivity contribution < 1.29 is 0 Å². The number of anilines is 1. The van der Waals surface area contributed by atoms with Crippen molar-refractivity contribution in [2.24, 2.45) is 0 Å². The third kappa shape index (κ3) is 3.22. The van der Waals surface area contributed by atoms with Crippen molar-refractivity contribution in [3.05, 3.63) is 18.1 Å². The molecule has 5 heteroatoms. The van der Waals surface area contributed by atoms with Gasteiger partial charge in [-0.25, -0.2) is 4.98 Å². The topological polar surface area (TPSA) is 44.3 Å². The van der Waals surface area contributed by atoms with Crippen LogP contribution in [-0.4, -0.2) is 53.6 Å². The van der Waals surface area contributed by atoms with E-state index in [1.54, 1.807) is 0 Å². The van der Waals surface area contributed by atoms with Crippen LogP contribution >= 0.6 is 0 Å². The SMILES string of the molecule is CCNCc1cnc(N2CCN(C3CC3)CC2)cn1. The number of nitrogens with zero attached hydrogens (tertiary/aromatic N) is 4. The maximum absolute atomic E-state index is 4.55. The summed E-state index contributed by atoms with van der Waals surface area (Å²) in [6.07, 6.45) is 6.61. The van der Waals surface area contributed by atoms with Gasteiger partial charge in [-0.3, -0.25) is 9.88 Å². The van der Waals surface area contributed by atoms with Gasteiger partial charge in [0.1, 0.15) is 5.82 Å². The number of hydrogen-bond donors (Lipinski definition) is 1. The molecule has 1 aromatic heterocycles. The van der Waals surface area contributed by atoms with Crippen LogP contribution < -0.4 is 10.2 Å². The second-order valence-corrected chi connectivity index (χ2v) is 5.40. The fourth-order valence-electron chi connectivity index (χ4n) is 2.61. The van der Waals surface area contributed by atoms with Crippen molar-refractivity contribution in [3.63, 3.8) is 0 Å². The van der Waals surface area contributed by atoms with E-state index in [9.17, 15) is 0 Å². The summed E-state index contributed by atoms with van der Waals surface area (Å²) in [5, 5.41) is 3.27. The van der Waals surface area contributed by atoms with Gasteiger partial charge in [0.25, 0.3) is 0 Å². The van der Waals surface area contributed by atoms with Crippen LogP contribution in [0.4, 0.5) is 5.82 Å². The van der Waals surface area contributed by atoms with Crippen LogP contribution in [0.3, 0.4) is 0 Å². The van der Waals surface area contributed by atoms with Crippen molar-refractivity contribution in [2.75, 3.05) is 37.6 Å². The molecule has 5 nitrogen and oxygen atoms in total. The molecule has 104 valence electrons. The highest BCUT2D eigenvalue weighted by Crippen LogP contribution is 2.28. The lowest BCUT2D eigenvalue weighted by atomic mass is 10.3. The highest BCUT2D eigenvalue weighted by Gasteiger charge is 2.31. The predicted octanol–water partition coefficient (Wildman–Crippen LogP) is 0.870. The molecule has 1 aliphatic heterocycles. The first-order chi connectivity index (χ1) is 9.36. The second-order valence-electron chi connectivity index (χ2n) is 5.40. The van der Waals surface area contributed by atoms with E-state index in [4.69, 9.17) is 0 Å². The molecule has 0 radical (unpaired) electrons. The lowest BCUT2D eigenvalue weighted by Crippen LogP contribution is -2.47. The maximum atomic E-state index is 4.55. The third-order valence-electron chi connectivity index (χ3n) is 3.95. The van der Waals surface area contributed by atoms with Crippen LogP contribution in [-0.2, 0) is 6.54 Å². The van der Waals surface area contributed by atoms with Gasteiger partial charge in [-0.1, -0.05) is 6.92 Å². The van der Waals surface area contributed by atoms with E-state index in [0.29, 0.717) is 0 Å². The average molecular weight is 261 g/mol. The highest BCUT2D eigenvalue weighted by molar-refractivity contribution is 5.36. The maximum Gasteiger partial charge on any atom is 0.147 e. The molecule has 1 N–H and O–H groups in total. The second kappa shape index (κ2) is 5.84. The molecular formula is C14H23N5. The Balaban J connectivity index is 1.54. The highest BCUT2D eigenvalue weighted by atomic mass is 15.3. The zero-order valence-corrected chi connectivity index (χ0v) is 11.7. The van der Waals surface area contributed by atoms with Gasteiger partial charge < -0.3 is 10.2 Å². The molecule has 1 aromatic rings. The van der Waals surface area contributed by atoms with Gasteiger partial charge in [-0.05, 0) is 19.4 Å². The zero-order valence-electron chi connectivity index (χ0n) is 11.7. The Morgan fingerprint density at radius 1 is 1.16 bits per heavy atom. The predicted molar refractivity (Wildman–Crippen MR) is 76.2 cm³/mol. The molecule has 3 rings (SSSR count). The van der Waals surface area contributed by atoms with E-state index in [0.717, 1.165) is 43.7 Å². The standard InChI is InChI=1S/C14H23N5/c1-2-15-9-12-10-17-14(11-16-12)19-7-5-18(6-8-19)13-3-4-13/h10-11,13,15H,2-9H2,1H3. The Labute approximate surface area is 115 Å². The first kappa shape index (κ1) is 12.8. The monoisotopic (exact) mass is 261 g/mol. The first-order valence-electron chi connectivity index (χ1n) is 7.37. The number of piperazine rings is 1. The van der Waals surface area contributed by atoms with Crippen LogP contribution in [0.25, 0.3) is 0 Å². The van der Waals surface area contributed by atoms with Crippen LogP contribution in [0.5, 0.6) is 0 Å². The molecule has 2 aliphatic rings. The van der Waals surface area contributed by atoms with Crippen molar-refractivity contribution >= 4 is 5.82 Å². The fraction of sp³-hybridized carbons (Fsp3) is 0.714. The summed E-state index contributed by atoms with van der Waals surface area (Å²) < 4.78 is 0. The fourth-order valence-corrected chi connectivity index (χ4v) is 2.61. The van der Waals surface area contributed by atoms with Crippen LogP contribution in [0.1, 0.15) is 25.5 Å². The van der Waals surface area contributed by atoms with E-state index in [1.165, 1.54) is 25.9 Å². The molecule has 1 aliphatic carbocycles. The summed E-state index contributed by atoms with van der Waals surface area (Å²) in [6.45, 7) is 8.37. The lowest BCUT2D eigenvalue weighted by molar-refractivity contribution is 0.247. The molecule has 0 aromatic carbocycles. The van der Waals surface area contributed by atoms with Gasteiger partial charge in [0.05, 0.1) is 18.1 Å². The number of nitrogens with one attached hydrogen (secondary N) is 1. The minimum Gasteiger partial charge on any atom is -0.353 e. The van der Waals surface area contributed by atoms with Crippen LogP contribution in [0, 0.1) is 0 Å². The van der Waals surface area contributed by atoms with Gasteiger partial charge in [-0.2, -0.15) is 0 Å². The summed E-state index contributed by atoms with van der Waals surface area (Å²) in [4.78, 5) is 14.0. The Bertz CT molecular complexity index is 393. The Morgan fingerprint density at radius 2 is 1.95 bits per heavy atom. The smallest absolute Gasteiger partial charge is 0.147 e. The molecule has 0 atom stereocenters. The molecule has 0 unspecified atom stereocenters. The quantitative estimate of drug-likeness (QED) is 0.852. The number of aromatic nitrogens is 2. The van der Waals surface area contributed by atoms with E-state index in [2.05, 4.69) is 32.0 Å². The van der Waals surface area contributed by atoms with Gasteiger partial charge >= 0.3 is 0 Å². The van der Waals surface area contributed by atoms with Crippen molar-refractivity contribution in [2.45, 2.75) is 32.4 Å². The van der Waals surface area contributed by atoms with Crippen molar-refractivity contribution in [3.8, 4) is 0 Å². The summed E-state index contributed by atoms with van der Waals surface area (Å²) in [6, 6.07) is 0.885. The lowest BCUT2D eigenvalue weighted by Gasteiger charge is -2.35. The van der Waals surface area contributed by atoms with Gasteiger partial charge in [-0.15, -0.1) is 0 Å². The summed E-state index contributed by atoms with van der Waals surface area (Å²) in [5.41, 5.74) is 1.02. The molecule has 0 amide bonds. The van der Waals surface area contributed by atoms with E-state index < -0.39 is 0 Å². The first-order valence-corrected chi connectivity index (χ1v) is 7.37. The summed E-state index contributed by atoms with van der Waals surface area (Å²) in [5.74, 6) is 1.02. The molecule has 0 spiro atoms. The minimum absolute atomic E-state index is 0.805. The molecule has 1 saturated heterocycles. The minimum atomic E-state index is 0.805. The Morgan fingerprint density at radius 3 is 2.53 bits per heavy atom. The van der Waals surface area contributed by atoms with Crippen molar-refractivity contribution in [1.82, 2.24) is 20.2 Å². The molecule has 2 heterocycles. The number of rotatable bonds is 5. The molecular weight excluding hydrogens is 238 g/mol. The van der Waals surface area contributed by atoms with E-state index in [1.807, 2.05) is 12.4 Å². The van der Waals surface area contributed by atoms with Gasteiger partial charge in [0.2, 0.25) is 0 Å². The largest absolute Gasteiger partial charge is 0.353 e. The summed E-state index contributed by atoms with van der Waals surface area (Å²) in [7, 11) is 0. The molecule has 0 bridgehead atoms. The Hall–Kier alpha value is -1.20. The molecule has 2 fully saturated rings. The van der Waals surface area contributed by atoms with Crippen molar-refractivity contribution in [1.29, 1.82) is 0 Å². The average Bonchev–Trinajstić information content (AvgIpc) is 3.31. The summed E-state index contributed by atoms with van der Waals surface area (Å²) >= 11 is 0. The zero-order chi connectivity index (χ0) is 13.1.